The van der Waals surface area contributed by atoms with E-state index in [0.29, 0.717) is 11.1 Å². The summed E-state index contributed by atoms with van der Waals surface area (Å²) in [7, 11) is 0. The zero-order valence-electron chi connectivity index (χ0n) is 11.8. The first-order valence-electron chi connectivity index (χ1n) is 6.69. The smallest absolute Gasteiger partial charge is 0.382 e. The third-order valence-electron chi connectivity index (χ3n) is 3.45. The Morgan fingerprint density at radius 2 is 1.17 bits per heavy atom. The van der Waals surface area contributed by atoms with E-state index in [9.17, 15) is 27.1 Å². The van der Waals surface area contributed by atoms with Crippen molar-refractivity contribution < 1.29 is 27.1 Å². The normalized spacial score (nSPS) is 14.8. The summed E-state index contributed by atoms with van der Waals surface area (Å²) in [6, 6.07) is 9.16. The molecule has 2 rings (SSSR count). The van der Waals surface area contributed by atoms with E-state index in [1.54, 1.807) is 0 Å². The van der Waals surface area contributed by atoms with Crippen molar-refractivity contribution in [3.05, 3.63) is 59.7 Å². The lowest BCUT2D eigenvalue weighted by Crippen LogP contribution is -2.28. The first kappa shape index (κ1) is 17.4. The third-order valence-corrected chi connectivity index (χ3v) is 3.45. The largest absolute Gasteiger partial charge is 0.407 e. The van der Waals surface area contributed by atoms with Gasteiger partial charge in [-0.05, 0) is 22.3 Å². The van der Waals surface area contributed by atoms with Crippen molar-refractivity contribution in [2.24, 2.45) is 5.73 Å². The molecule has 0 bridgehead atoms. The van der Waals surface area contributed by atoms with Gasteiger partial charge in [0.15, 0.2) is 0 Å². The molecule has 0 aliphatic rings. The van der Waals surface area contributed by atoms with Crippen LogP contribution in [0, 0.1) is 0 Å². The molecule has 2 aromatic carbocycles. The van der Waals surface area contributed by atoms with E-state index in [1.807, 2.05) is 0 Å². The number of aliphatic hydroxyl groups is 1. The maximum Gasteiger partial charge on any atom is 0.407 e. The highest BCUT2D eigenvalue weighted by molar-refractivity contribution is 5.64. The van der Waals surface area contributed by atoms with Crippen molar-refractivity contribution in [2.75, 3.05) is 0 Å². The van der Waals surface area contributed by atoms with Crippen molar-refractivity contribution in [1.82, 2.24) is 0 Å². The second-order valence-corrected chi connectivity index (χ2v) is 5.04. The summed E-state index contributed by atoms with van der Waals surface area (Å²) in [4.78, 5) is 0. The van der Waals surface area contributed by atoms with E-state index in [4.69, 9.17) is 5.73 Å². The molecule has 2 aromatic rings. The summed E-state index contributed by atoms with van der Waals surface area (Å²) < 4.78 is 62.4. The minimum absolute atomic E-state index is 0.0639. The van der Waals surface area contributed by atoms with Crippen molar-refractivity contribution in [1.29, 1.82) is 0 Å². The molecular weight excluding hydrogens is 317 g/mol. The third kappa shape index (κ3) is 4.05. The predicted molar refractivity (Wildman–Crippen MR) is 75.8 cm³/mol. The molecule has 0 radical (unpaired) electrons. The Bertz CT molecular complexity index is 637. The molecule has 2 atom stereocenters. The van der Waals surface area contributed by atoms with Crippen LogP contribution in [-0.2, 0) is 0 Å². The maximum absolute atomic E-state index is 12.5. The molecule has 0 fully saturated rings. The molecule has 0 saturated carbocycles. The Hall–Kier alpha value is -1.99. The fourth-order valence-corrected chi connectivity index (χ4v) is 2.09. The fraction of sp³-hybridized carbons (Fsp3) is 0.250. The topological polar surface area (TPSA) is 46.2 Å². The van der Waals surface area contributed by atoms with E-state index < -0.39 is 24.7 Å². The lowest BCUT2D eigenvalue weighted by molar-refractivity contribution is -0.149. The van der Waals surface area contributed by atoms with Gasteiger partial charge in [-0.15, -0.1) is 0 Å². The zero-order valence-corrected chi connectivity index (χ0v) is 11.8. The van der Waals surface area contributed by atoms with Crippen molar-refractivity contribution >= 4 is 0 Å². The van der Waals surface area contributed by atoms with Crippen LogP contribution >= 0.6 is 0 Å². The van der Waals surface area contributed by atoms with Gasteiger partial charge < -0.3 is 10.8 Å². The van der Waals surface area contributed by atoms with E-state index in [-0.39, 0.29) is 11.1 Å². The highest BCUT2D eigenvalue weighted by atomic mass is 19.4. The Kier molecular flexibility index (Phi) is 5.01. The quantitative estimate of drug-likeness (QED) is 0.824. The molecule has 0 saturated heterocycles. The molecule has 0 aliphatic carbocycles. The van der Waals surface area contributed by atoms with Crippen LogP contribution < -0.4 is 5.73 Å². The van der Waals surface area contributed by atoms with Gasteiger partial charge in [0.05, 0.1) is 0 Å². The number of hydrogen-bond acceptors (Lipinski definition) is 2. The molecule has 124 valence electrons. The Balaban J connectivity index is 2.20. The van der Waals surface area contributed by atoms with Crippen LogP contribution in [0.3, 0.4) is 0 Å². The molecule has 0 aromatic heterocycles. The molecule has 0 spiro atoms. The summed E-state index contributed by atoms with van der Waals surface area (Å²) in [6.07, 6.45) is -9.27. The number of aliphatic hydroxyl groups excluding tert-OH is 1. The second kappa shape index (κ2) is 6.64. The molecule has 23 heavy (non-hydrogen) atoms. The summed E-state index contributed by atoms with van der Waals surface area (Å²) >= 11 is 0. The fourth-order valence-electron chi connectivity index (χ4n) is 2.09. The van der Waals surface area contributed by atoms with Gasteiger partial charge in [0.25, 0.3) is 6.43 Å². The van der Waals surface area contributed by atoms with Crippen LogP contribution in [0.5, 0.6) is 0 Å². The zero-order chi connectivity index (χ0) is 17.2. The highest BCUT2D eigenvalue weighted by Gasteiger charge is 2.37. The Labute approximate surface area is 129 Å². The lowest BCUT2D eigenvalue weighted by atomic mass is 9.99. The van der Waals surface area contributed by atoms with Gasteiger partial charge in [0.2, 0.25) is 0 Å². The number of nitrogens with two attached hydrogens (primary N) is 1. The number of benzene rings is 2. The summed E-state index contributed by atoms with van der Waals surface area (Å²) in [5, 5.41) is 9.26. The molecule has 0 unspecified atom stereocenters. The predicted octanol–water partition coefficient (Wildman–Crippen LogP) is 4.21. The van der Waals surface area contributed by atoms with E-state index >= 15 is 0 Å². The maximum atomic E-state index is 12.5. The first-order chi connectivity index (χ1) is 10.7. The van der Waals surface area contributed by atoms with Gasteiger partial charge in [0.1, 0.15) is 12.1 Å². The highest BCUT2D eigenvalue weighted by Crippen LogP contribution is 2.32. The van der Waals surface area contributed by atoms with Crippen LogP contribution in [0.15, 0.2) is 48.5 Å². The lowest BCUT2D eigenvalue weighted by Gasteiger charge is -2.16. The standard InChI is InChI=1S/C16H14F5NO/c17-15(18)13(23)11-5-1-9(2-6-11)10-3-7-12(8-4-10)14(22)16(19,20)21/h1-8,13-15,23H,22H2/t13-,14+/m1/s1. The molecule has 2 nitrogen and oxygen atoms in total. The molecule has 0 heterocycles. The van der Waals surface area contributed by atoms with E-state index in [1.165, 1.54) is 48.5 Å². The number of alkyl halides is 5. The average molecular weight is 331 g/mol. The Morgan fingerprint density at radius 3 is 1.52 bits per heavy atom. The van der Waals surface area contributed by atoms with Gasteiger partial charge >= 0.3 is 6.18 Å². The van der Waals surface area contributed by atoms with Crippen LogP contribution in [0.1, 0.15) is 23.3 Å². The van der Waals surface area contributed by atoms with Crippen LogP contribution in [0.4, 0.5) is 22.0 Å². The minimum atomic E-state index is -4.52. The van der Waals surface area contributed by atoms with Gasteiger partial charge in [-0.1, -0.05) is 48.5 Å². The van der Waals surface area contributed by atoms with Crippen molar-refractivity contribution in [3.8, 4) is 11.1 Å². The minimum Gasteiger partial charge on any atom is -0.382 e. The Morgan fingerprint density at radius 1 is 0.783 bits per heavy atom. The molecule has 7 heteroatoms. The first-order valence-corrected chi connectivity index (χ1v) is 6.69. The van der Waals surface area contributed by atoms with Crippen molar-refractivity contribution in [3.63, 3.8) is 0 Å². The number of rotatable bonds is 4. The second-order valence-electron chi connectivity index (χ2n) is 5.04. The summed E-state index contributed by atoms with van der Waals surface area (Å²) in [5.41, 5.74) is 6.36. The van der Waals surface area contributed by atoms with Gasteiger partial charge in [-0.3, -0.25) is 0 Å². The average Bonchev–Trinajstić information content (AvgIpc) is 2.53. The SMILES string of the molecule is N[C@@H](c1ccc(-c2ccc([C@@H](O)C(F)F)cc2)cc1)C(F)(F)F. The number of hydrogen-bond donors (Lipinski definition) is 2. The number of halogens is 5. The summed E-state index contributed by atoms with van der Waals surface area (Å²) in [5.74, 6) is 0. The van der Waals surface area contributed by atoms with E-state index in [0.717, 1.165) is 0 Å². The molecule has 3 N–H and O–H groups in total. The molecule has 0 amide bonds. The van der Waals surface area contributed by atoms with E-state index in [2.05, 4.69) is 0 Å². The summed E-state index contributed by atoms with van der Waals surface area (Å²) in [6.45, 7) is 0. The van der Waals surface area contributed by atoms with Crippen LogP contribution in [-0.4, -0.2) is 17.7 Å². The van der Waals surface area contributed by atoms with Crippen LogP contribution in [0.25, 0.3) is 11.1 Å². The van der Waals surface area contributed by atoms with Gasteiger partial charge in [-0.25, -0.2) is 8.78 Å². The van der Waals surface area contributed by atoms with Crippen LogP contribution in [0.2, 0.25) is 0 Å². The van der Waals surface area contributed by atoms with Crippen molar-refractivity contribution in [2.45, 2.75) is 24.7 Å². The van der Waals surface area contributed by atoms with Gasteiger partial charge in [0, 0.05) is 0 Å². The molecular formula is C16H14F5NO. The monoisotopic (exact) mass is 331 g/mol. The molecule has 0 aliphatic heterocycles. The van der Waals surface area contributed by atoms with Gasteiger partial charge in [-0.2, -0.15) is 13.2 Å².